The zero-order valence-corrected chi connectivity index (χ0v) is 15.3. The van der Waals surface area contributed by atoms with Crippen LogP contribution in [0, 0.1) is 6.92 Å². The van der Waals surface area contributed by atoms with Crippen molar-refractivity contribution in [1.29, 1.82) is 0 Å². The van der Waals surface area contributed by atoms with Gasteiger partial charge in [0.25, 0.3) is 5.91 Å². The fourth-order valence-corrected chi connectivity index (χ4v) is 4.24. The van der Waals surface area contributed by atoms with Crippen LogP contribution in [0.25, 0.3) is 0 Å². The monoisotopic (exact) mass is 460 g/mol. The largest absolute Gasteiger partial charge is 0.399 e. The molecule has 2 aromatic rings. The molecule has 0 saturated carbocycles. The molecular weight excluding hydrogens is 452 g/mol. The van der Waals surface area contributed by atoms with Crippen LogP contribution in [-0.2, 0) is 0 Å². The van der Waals surface area contributed by atoms with Gasteiger partial charge in [-0.2, -0.15) is 0 Å². The molecule has 0 bridgehead atoms. The molecule has 0 aliphatic rings. The van der Waals surface area contributed by atoms with Crippen LogP contribution in [0.2, 0.25) is 0 Å². The van der Waals surface area contributed by atoms with Crippen molar-refractivity contribution in [3.63, 3.8) is 0 Å². The SMILES string of the molecule is Cc1cc(N)ccc1C(=O)Nc1c(Br)cc(Br)cc1Br. The average Bonchev–Trinajstić information content (AvgIpc) is 2.33. The molecule has 3 nitrogen and oxygen atoms in total. The van der Waals surface area contributed by atoms with E-state index in [-0.39, 0.29) is 5.91 Å². The number of nitrogens with one attached hydrogen (secondary N) is 1. The topological polar surface area (TPSA) is 55.1 Å². The van der Waals surface area contributed by atoms with Gasteiger partial charge in [-0.15, -0.1) is 0 Å². The molecule has 0 heterocycles. The Morgan fingerprint density at radius 2 is 1.70 bits per heavy atom. The number of nitrogens with two attached hydrogens (primary N) is 1. The highest BCUT2D eigenvalue weighted by molar-refractivity contribution is 9.11. The van der Waals surface area contributed by atoms with Crippen LogP contribution in [-0.4, -0.2) is 5.91 Å². The normalized spacial score (nSPS) is 10.4. The molecule has 0 radical (unpaired) electrons. The van der Waals surface area contributed by atoms with Gasteiger partial charge in [0.1, 0.15) is 0 Å². The second kappa shape index (κ2) is 6.28. The molecule has 20 heavy (non-hydrogen) atoms. The number of benzene rings is 2. The quantitative estimate of drug-likeness (QED) is 0.609. The molecule has 1 amide bonds. The van der Waals surface area contributed by atoms with Gasteiger partial charge >= 0.3 is 0 Å². The standard InChI is InChI=1S/C14H11Br3N2O/c1-7-4-9(18)2-3-10(7)14(20)19-13-11(16)5-8(15)6-12(13)17/h2-6H,18H2,1H3,(H,19,20). The first kappa shape index (κ1) is 15.5. The minimum atomic E-state index is -0.175. The maximum absolute atomic E-state index is 12.3. The number of aryl methyl sites for hydroxylation is 1. The molecule has 2 rings (SSSR count). The van der Waals surface area contributed by atoms with E-state index in [0.29, 0.717) is 16.9 Å². The van der Waals surface area contributed by atoms with E-state index in [2.05, 4.69) is 53.1 Å². The van der Waals surface area contributed by atoms with E-state index < -0.39 is 0 Å². The summed E-state index contributed by atoms with van der Waals surface area (Å²) in [6, 6.07) is 8.96. The van der Waals surface area contributed by atoms with Crippen molar-refractivity contribution in [3.8, 4) is 0 Å². The van der Waals surface area contributed by atoms with Crippen molar-refractivity contribution in [1.82, 2.24) is 0 Å². The van der Waals surface area contributed by atoms with Crippen molar-refractivity contribution in [3.05, 3.63) is 54.9 Å². The van der Waals surface area contributed by atoms with Gasteiger partial charge in [0.05, 0.1) is 5.69 Å². The predicted octanol–water partition coefficient (Wildman–Crippen LogP) is 5.12. The Morgan fingerprint density at radius 3 is 2.25 bits per heavy atom. The summed E-state index contributed by atoms with van der Waals surface area (Å²) >= 11 is 10.3. The second-order valence-corrected chi connectivity index (χ2v) is 6.90. The fraction of sp³-hybridized carbons (Fsp3) is 0.0714. The second-order valence-electron chi connectivity index (χ2n) is 4.27. The minimum absolute atomic E-state index is 0.175. The molecule has 0 unspecified atom stereocenters. The van der Waals surface area contributed by atoms with E-state index in [4.69, 9.17) is 5.73 Å². The van der Waals surface area contributed by atoms with E-state index in [1.165, 1.54) is 0 Å². The lowest BCUT2D eigenvalue weighted by molar-refractivity contribution is 0.102. The van der Waals surface area contributed by atoms with E-state index in [9.17, 15) is 4.79 Å². The van der Waals surface area contributed by atoms with Crippen LogP contribution in [0.5, 0.6) is 0 Å². The van der Waals surface area contributed by atoms with Crippen molar-refractivity contribution < 1.29 is 4.79 Å². The van der Waals surface area contributed by atoms with E-state index in [1.54, 1.807) is 18.2 Å². The number of halogens is 3. The van der Waals surface area contributed by atoms with Crippen LogP contribution < -0.4 is 11.1 Å². The molecule has 0 aliphatic heterocycles. The number of rotatable bonds is 2. The lowest BCUT2D eigenvalue weighted by atomic mass is 10.1. The van der Waals surface area contributed by atoms with Gasteiger partial charge < -0.3 is 11.1 Å². The lowest BCUT2D eigenvalue weighted by Crippen LogP contribution is -2.14. The number of nitrogen functional groups attached to an aromatic ring is 1. The number of amides is 1. The number of hydrogen-bond donors (Lipinski definition) is 2. The van der Waals surface area contributed by atoms with Crippen molar-refractivity contribution in [2.24, 2.45) is 0 Å². The average molecular weight is 463 g/mol. The van der Waals surface area contributed by atoms with Crippen molar-refractivity contribution in [2.75, 3.05) is 11.1 Å². The Bertz CT molecular complexity index is 663. The van der Waals surface area contributed by atoms with E-state index >= 15 is 0 Å². The first-order chi connectivity index (χ1) is 9.38. The Kier molecular flexibility index (Phi) is 4.88. The van der Waals surface area contributed by atoms with Crippen LogP contribution in [0.15, 0.2) is 43.7 Å². The molecule has 0 fully saturated rings. The van der Waals surface area contributed by atoms with Crippen LogP contribution in [0.3, 0.4) is 0 Å². The highest BCUT2D eigenvalue weighted by atomic mass is 79.9. The number of carbonyl (C=O) groups excluding carboxylic acids is 1. The molecule has 104 valence electrons. The Balaban J connectivity index is 2.33. The summed E-state index contributed by atoms with van der Waals surface area (Å²) in [5.74, 6) is -0.175. The first-order valence-corrected chi connectivity index (χ1v) is 8.08. The molecule has 6 heteroatoms. The summed E-state index contributed by atoms with van der Waals surface area (Å²) in [6.07, 6.45) is 0. The minimum Gasteiger partial charge on any atom is -0.399 e. The summed E-state index contributed by atoms with van der Waals surface area (Å²) in [4.78, 5) is 12.3. The molecule has 3 N–H and O–H groups in total. The molecule has 0 spiro atoms. The van der Waals surface area contributed by atoms with Gasteiger partial charge in [-0.05, 0) is 74.7 Å². The van der Waals surface area contributed by atoms with Gasteiger partial charge in [-0.25, -0.2) is 0 Å². The summed E-state index contributed by atoms with van der Waals surface area (Å²) in [6.45, 7) is 1.86. The third-order valence-electron chi connectivity index (χ3n) is 2.74. The number of carbonyl (C=O) groups is 1. The number of hydrogen-bond acceptors (Lipinski definition) is 2. The smallest absolute Gasteiger partial charge is 0.255 e. The van der Waals surface area contributed by atoms with Gasteiger partial charge in [0.2, 0.25) is 0 Å². The maximum Gasteiger partial charge on any atom is 0.255 e. The Hall–Kier alpha value is -0.850. The fourth-order valence-electron chi connectivity index (χ4n) is 1.78. The summed E-state index contributed by atoms with van der Waals surface area (Å²) in [5, 5.41) is 2.89. The van der Waals surface area contributed by atoms with Crippen molar-refractivity contribution in [2.45, 2.75) is 6.92 Å². The van der Waals surface area contributed by atoms with Gasteiger partial charge in [0.15, 0.2) is 0 Å². The van der Waals surface area contributed by atoms with Crippen LogP contribution >= 0.6 is 47.8 Å². The molecule has 0 aromatic heterocycles. The Labute approximate surface area is 142 Å². The maximum atomic E-state index is 12.3. The molecule has 0 aliphatic carbocycles. The highest BCUT2D eigenvalue weighted by Gasteiger charge is 2.13. The molecule has 0 saturated heterocycles. The van der Waals surface area contributed by atoms with Crippen molar-refractivity contribution >= 4 is 65.1 Å². The van der Waals surface area contributed by atoms with Crippen LogP contribution in [0.1, 0.15) is 15.9 Å². The van der Waals surface area contributed by atoms with E-state index in [0.717, 1.165) is 19.0 Å². The molecule has 2 aromatic carbocycles. The third kappa shape index (κ3) is 3.42. The zero-order valence-electron chi connectivity index (χ0n) is 10.5. The predicted molar refractivity (Wildman–Crippen MR) is 93.1 cm³/mol. The van der Waals surface area contributed by atoms with Gasteiger partial charge in [-0.1, -0.05) is 15.9 Å². The molecule has 0 atom stereocenters. The zero-order chi connectivity index (χ0) is 14.9. The third-order valence-corrected chi connectivity index (χ3v) is 4.45. The summed E-state index contributed by atoms with van der Waals surface area (Å²) in [5.41, 5.74) is 8.46. The van der Waals surface area contributed by atoms with Gasteiger partial charge in [0, 0.05) is 24.7 Å². The summed E-state index contributed by atoms with van der Waals surface area (Å²) in [7, 11) is 0. The first-order valence-electron chi connectivity index (χ1n) is 5.70. The van der Waals surface area contributed by atoms with E-state index in [1.807, 2.05) is 19.1 Å². The lowest BCUT2D eigenvalue weighted by Gasteiger charge is -2.12. The number of anilines is 2. The Morgan fingerprint density at radius 1 is 1.10 bits per heavy atom. The highest BCUT2D eigenvalue weighted by Crippen LogP contribution is 2.34. The molecular formula is C14H11Br3N2O. The van der Waals surface area contributed by atoms with Crippen LogP contribution in [0.4, 0.5) is 11.4 Å². The summed E-state index contributed by atoms with van der Waals surface area (Å²) < 4.78 is 2.50. The van der Waals surface area contributed by atoms with Gasteiger partial charge in [-0.3, -0.25) is 4.79 Å².